The molecule has 82 valence electrons. The third-order valence-corrected chi connectivity index (χ3v) is 3.73. The molecule has 1 heterocycles. The smallest absolute Gasteiger partial charge is 0.232 e. The molecular weight excluding hydrogens is 194 g/mol. The number of amides is 1. The molecule has 1 aliphatic heterocycles. The second-order valence-electron chi connectivity index (χ2n) is 4.14. The van der Waals surface area contributed by atoms with Gasteiger partial charge in [-0.1, -0.05) is 13.8 Å². The van der Waals surface area contributed by atoms with Crippen LogP contribution in [0, 0.1) is 5.92 Å². The van der Waals surface area contributed by atoms with Gasteiger partial charge in [-0.05, 0) is 30.9 Å². The molecule has 0 unspecified atom stereocenters. The van der Waals surface area contributed by atoms with Gasteiger partial charge < -0.3 is 4.90 Å². The highest BCUT2D eigenvalue weighted by Crippen LogP contribution is 2.16. The lowest BCUT2D eigenvalue weighted by atomic mass is 10.0. The van der Waals surface area contributed by atoms with Crippen LogP contribution in [-0.2, 0) is 4.79 Å². The summed E-state index contributed by atoms with van der Waals surface area (Å²) in [6.07, 6.45) is 3.63. The van der Waals surface area contributed by atoms with Crippen molar-refractivity contribution in [3.05, 3.63) is 0 Å². The summed E-state index contributed by atoms with van der Waals surface area (Å²) in [4.78, 5) is 13.8. The molecule has 0 aromatic carbocycles. The van der Waals surface area contributed by atoms with Crippen LogP contribution in [0.5, 0.6) is 0 Å². The van der Waals surface area contributed by atoms with Crippen molar-refractivity contribution >= 4 is 17.7 Å². The van der Waals surface area contributed by atoms with Gasteiger partial charge in [-0.25, -0.2) is 0 Å². The molecular formula is C11H21NOS. The van der Waals surface area contributed by atoms with Crippen molar-refractivity contribution in [2.75, 3.05) is 24.6 Å². The molecule has 1 rings (SSSR count). The van der Waals surface area contributed by atoms with E-state index in [1.807, 2.05) is 4.90 Å². The first-order valence-corrected chi connectivity index (χ1v) is 6.75. The van der Waals surface area contributed by atoms with E-state index in [-0.39, 0.29) is 0 Å². The van der Waals surface area contributed by atoms with E-state index in [4.69, 9.17) is 0 Å². The monoisotopic (exact) mass is 215 g/mol. The van der Waals surface area contributed by atoms with Crippen molar-refractivity contribution < 1.29 is 4.79 Å². The molecule has 0 aliphatic carbocycles. The highest BCUT2D eigenvalue weighted by atomic mass is 32.2. The van der Waals surface area contributed by atoms with Crippen LogP contribution in [0.3, 0.4) is 0 Å². The molecule has 2 nitrogen and oxygen atoms in total. The molecule has 1 atom stereocenters. The first-order chi connectivity index (χ1) is 6.74. The fourth-order valence-corrected chi connectivity index (χ4v) is 2.60. The molecule has 1 fully saturated rings. The molecule has 0 N–H and O–H groups in total. The van der Waals surface area contributed by atoms with Gasteiger partial charge in [0.1, 0.15) is 0 Å². The van der Waals surface area contributed by atoms with Crippen LogP contribution in [0.15, 0.2) is 0 Å². The highest BCUT2D eigenvalue weighted by Gasteiger charge is 2.20. The van der Waals surface area contributed by atoms with Crippen LogP contribution in [0.25, 0.3) is 0 Å². The predicted octanol–water partition coefficient (Wildman–Crippen LogP) is 2.39. The number of rotatable bonds is 4. The molecule has 0 aromatic rings. The third-order valence-electron chi connectivity index (χ3n) is 2.58. The Morgan fingerprint density at radius 3 is 3.00 bits per heavy atom. The van der Waals surface area contributed by atoms with Gasteiger partial charge >= 0.3 is 0 Å². The lowest BCUT2D eigenvalue weighted by molar-refractivity contribution is -0.130. The van der Waals surface area contributed by atoms with Crippen molar-refractivity contribution in [1.82, 2.24) is 4.90 Å². The van der Waals surface area contributed by atoms with E-state index in [0.717, 1.165) is 25.3 Å². The van der Waals surface area contributed by atoms with E-state index in [2.05, 4.69) is 13.8 Å². The maximum atomic E-state index is 11.7. The van der Waals surface area contributed by atoms with Gasteiger partial charge in [0.25, 0.3) is 0 Å². The lowest BCUT2D eigenvalue weighted by Gasteiger charge is -2.30. The fraction of sp³-hybridized carbons (Fsp3) is 0.909. The third kappa shape index (κ3) is 3.91. The highest BCUT2D eigenvalue weighted by molar-refractivity contribution is 7.99. The largest absolute Gasteiger partial charge is 0.342 e. The zero-order valence-electron chi connectivity index (χ0n) is 9.29. The molecule has 1 saturated heterocycles. The molecule has 0 saturated carbocycles. The number of likely N-dealkylation sites (tertiary alicyclic amines) is 1. The fourth-order valence-electron chi connectivity index (χ4n) is 1.81. The first kappa shape index (κ1) is 11.9. The topological polar surface area (TPSA) is 20.3 Å². The van der Waals surface area contributed by atoms with Crippen molar-refractivity contribution in [2.45, 2.75) is 33.1 Å². The molecule has 14 heavy (non-hydrogen) atoms. The molecule has 1 amide bonds. The Hall–Kier alpha value is -0.180. The van der Waals surface area contributed by atoms with Gasteiger partial charge in [0.15, 0.2) is 0 Å². The second-order valence-corrected chi connectivity index (χ2v) is 5.24. The summed E-state index contributed by atoms with van der Waals surface area (Å²) >= 11 is 1.77. The van der Waals surface area contributed by atoms with Crippen LogP contribution in [0.4, 0.5) is 0 Å². The number of piperidine rings is 1. The maximum Gasteiger partial charge on any atom is 0.232 e. The molecule has 1 aliphatic rings. The normalized spacial score (nSPS) is 22.4. The predicted molar refractivity (Wildman–Crippen MR) is 62.6 cm³/mol. The number of thioether (sulfide) groups is 1. The summed E-state index contributed by atoms with van der Waals surface area (Å²) in [6, 6.07) is 0. The van der Waals surface area contributed by atoms with E-state index >= 15 is 0 Å². The van der Waals surface area contributed by atoms with Gasteiger partial charge in [0, 0.05) is 13.1 Å². The van der Waals surface area contributed by atoms with Crippen molar-refractivity contribution in [1.29, 1.82) is 0 Å². The number of carbonyl (C=O) groups excluding carboxylic acids is 1. The van der Waals surface area contributed by atoms with Crippen LogP contribution in [0.1, 0.15) is 33.1 Å². The van der Waals surface area contributed by atoms with Crippen molar-refractivity contribution in [2.24, 2.45) is 5.92 Å². The van der Waals surface area contributed by atoms with Crippen LogP contribution >= 0.6 is 11.8 Å². The SMILES string of the molecule is CCCSCC(=O)N1CCC[C@@H](C)C1. The Morgan fingerprint density at radius 1 is 1.57 bits per heavy atom. The van der Waals surface area contributed by atoms with Crippen LogP contribution < -0.4 is 0 Å². The molecule has 0 bridgehead atoms. The number of hydrogen-bond acceptors (Lipinski definition) is 2. The van der Waals surface area contributed by atoms with Gasteiger partial charge in [0.2, 0.25) is 5.91 Å². The van der Waals surface area contributed by atoms with Gasteiger partial charge in [0.05, 0.1) is 5.75 Å². The average Bonchev–Trinajstić information content (AvgIpc) is 2.18. The number of hydrogen-bond donors (Lipinski definition) is 0. The minimum atomic E-state index is 0.343. The van der Waals surface area contributed by atoms with Gasteiger partial charge in [-0.2, -0.15) is 11.8 Å². The second kappa shape index (κ2) is 6.33. The van der Waals surface area contributed by atoms with E-state index in [1.165, 1.54) is 12.8 Å². The Bertz CT molecular complexity index is 184. The zero-order valence-corrected chi connectivity index (χ0v) is 10.1. The molecule has 3 heteroatoms. The molecule has 0 aromatic heterocycles. The van der Waals surface area contributed by atoms with E-state index < -0.39 is 0 Å². The summed E-state index contributed by atoms with van der Waals surface area (Å²) in [5, 5.41) is 0. The first-order valence-electron chi connectivity index (χ1n) is 5.59. The Kier molecular flexibility index (Phi) is 5.38. The number of carbonyl (C=O) groups is 1. The van der Waals surface area contributed by atoms with Crippen LogP contribution in [0.2, 0.25) is 0 Å². The zero-order chi connectivity index (χ0) is 10.4. The van der Waals surface area contributed by atoms with Crippen molar-refractivity contribution in [3.63, 3.8) is 0 Å². The Morgan fingerprint density at radius 2 is 2.36 bits per heavy atom. The standard InChI is InChI=1S/C11H21NOS/c1-3-7-14-9-11(13)12-6-4-5-10(2)8-12/h10H,3-9H2,1-2H3/t10-/m1/s1. The number of nitrogens with zero attached hydrogens (tertiary/aromatic N) is 1. The quantitative estimate of drug-likeness (QED) is 0.671. The van der Waals surface area contributed by atoms with E-state index in [9.17, 15) is 4.79 Å². The maximum absolute atomic E-state index is 11.7. The summed E-state index contributed by atoms with van der Waals surface area (Å²) in [6.45, 7) is 6.35. The minimum absolute atomic E-state index is 0.343. The average molecular weight is 215 g/mol. The van der Waals surface area contributed by atoms with E-state index in [1.54, 1.807) is 11.8 Å². The molecule has 0 spiro atoms. The lowest BCUT2D eigenvalue weighted by Crippen LogP contribution is -2.40. The Balaban J connectivity index is 2.22. The Labute approximate surface area is 91.4 Å². The summed E-state index contributed by atoms with van der Waals surface area (Å²) in [7, 11) is 0. The summed E-state index contributed by atoms with van der Waals surface area (Å²) < 4.78 is 0. The minimum Gasteiger partial charge on any atom is -0.342 e. The summed E-state index contributed by atoms with van der Waals surface area (Å²) in [5.74, 6) is 2.83. The van der Waals surface area contributed by atoms with Gasteiger partial charge in [-0.3, -0.25) is 4.79 Å². The summed E-state index contributed by atoms with van der Waals surface area (Å²) in [5.41, 5.74) is 0. The van der Waals surface area contributed by atoms with Crippen LogP contribution in [-0.4, -0.2) is 35.4 Å². The van der Waals surface area contributed by atoms with Crippen molar-refractivity contribution in [3.8, 4) is 0 Å². The van der Waals surface area contributed by atoms with E-state index in [0.29, 0.717) is 17.6 Å². The van der Waals surface area contributed by atoms with Gasteiger partial charge in [-0.15, -0.1) is 0 Å². The molecule has 0 radical (unpaired) electrons.